The summed E-state index contributed by atoms with van der Waals surface area (Å²) >= 11 is 0. The van der Waals surface area contributed by atoms with Gasteiger partial charge in [-0.15, -0.1) is 0 Å². The van der Waals surface area contributed by atoms with Gasteiger partial charge in [0.1, 0.15) is 0 Å². The van der Waals surface area contributed by atoms with Gasteiger partial charge in [-0.3, -0.25) is 0 Å². The fraction of sp³-hybridized carbons (Fsp3) is 1.00. The molecule has 0 bridgehead atoms. The summed E-state index contributed by atoms with van der Waals surface area (Å²) in [5, 5.41) is 9.92. The van der Waals surface area contributed by atoms with Crippen LogP contribution in [0.3, 0.4) is 0 Å². The molecule has 0 aromatic carbocycles. The van der Waals surface area contributed by atoms with E-state index in [1.54, 1.807) is 0 Å². The van der Waals surface area contributed by atoms with Crippen LogP contribution in [0.2, 0.25) is 0 Å². The van der Waals surface area contributed by atoms with E-state index < -0.39 is 0 Å². The van der Waals surface area contributed by atoms with Crippen molar-refractivity contribution < 1.29 is 5.11 Å². The fourth-order valence-corrected chi connectivity index (χ4v) is 2.41. The molecule has 0 aromatic heterocycles. The maximum absolute atomic E-state index is 9.92. The summed E-state index contributed by atoms with van der Waals surface area (Å²) in [7, 11) is 0. The van der Waals surface area contributed by atoms with Gasteiger partial charge < -0.3 is 10.8 Å². The van der Waals surface area contributed by atoms with Gasteiger partial charge in [-0.1, -0.05) is 0 Å². The van der Waals surface area contributed by atoms with Crippen LogP contribution in [-0.2, 0) is 0 Å². The zero-order valence-corrected chi connectivity index (χ0v) is 6.21. The molecule has 3 unspecified atom stereocenters. The number of hydrogen-bond donors (Lipinski definition) is 2. The van der Waals surface area contributed by atoms with E-state index in [9.17, 15) is 5.11 Å². The first-order valence-electron chi connectivity index (χ1n) is 4.19. The van der Waals surface area contributed by atoms with Crippen molar-refractivity contribution in [1.82, 2.24) is 0 Å². The van der Waals surface area contributed by atoms with Gasteiger partial charge in [-0.2, -0.15) is 0 Å². The van der Waals surface area contributed by atoms with Crippen molar-refractivity contribution >= 4 is 0 Å². The van der Waals surface area contributed by atoms with Crippen LogP contribution in [0.5, 0.6) is 0 Å². The number of fused-ring (bicyclic) bond motifs is 1. The molecule has 0 aromatic rings. The number of nitrogens with two attached hydrogens (primary N) is 1. The molecule has 2 aliphatic carbocycles. The van der Waals surface area contributed by atoms with Crippen LogP contribution in [0.4, 0.5) is 0 Å². The van der Waals surface area contributed by atoms with Crippen molar-refractivity contribution in [1.29, 1.82) is 0 Å². The lowest BCUT2D eigenvalue weighted by Gasteiger charge is -2.23. The van der Waals surface area contributed by atoms with Crippen molar-refractivity contribution in [2.24, 2.45) is 17.6 Å². The van der Waals surface area contributed by atoms with E-state index in [0.717, 1.165) is 18.8 Å². The van der Waals surface area contributed by atoms with Crippen LogP contribution in [0.1, 0.15) is 25.7 Å². The van der Waals surface area contributed by atoms with Gasteiger partial charge in [0.25, 0.3) is 0 Å². The molecule has 0 aliphatic heterocycles. The summed E-state index contributed by atoms with van der Waals surface area (Å²) < 4.78 is 0. The maximum atomic E-state index is 9.92. The number of aliphatic hydroxyl groups is 1. The molecule has 58 valence electrons. The molecule has 10 heavy (non-hydrogen) atoms. The second-order valence-corrected chi connectivity index (χ2v) is 3.78. The molecule has 0 heterocycles. The average Bonchev–Trinajstić information content (AvgIpc) is 2.58. The Labute approximate surface area is 61.4 Å². The Kier molecular flexibility index (Phi) is 1.29. The zero-order chi connectivity index (χ0) is 7.19. The Morgan fingerprint density at radius 3 is 2.80 bits per heavy atom. The highest BCUT2D eigenvalue weighted by molar-refractivity contribution is 5.07. The van der Waals surface area contributed by atoms with Crippen LogP contribution in [0.25, 0.3) is 0 Å². The lowest BCUT2D eigenvalue weighted by atomic mass is 9.94. The lowest BCUT2D eigenvalue weighted by molar-refractivity contribution is 0.0188. The molecule has 0 saturated heterocycles. The number of rotatable bonds is 2. The minimum Gasteiger partial charge on any atom is -0.390 e. The van der Waals surface area contributed by atoms with Crippen LogP contribution in [-0.4, -0.2) is 17.3 Å². The Morgan fingerprint density at radius 2 is 2.40 bits per heavy atom. The van der Waals surface area contributed by atoms with Gasteiger partial charge in [0.05, 0.1) is 5.60 Å². The maximum Gasteiger partial charge on any atom is 0.0690 e. The topological polar surface area (TPSA) is 46.2 Å². The highest BCUT2D eigenvalue weighted by Crippen LogP contribution is 2.58. The van der Waals surface area contributed by atoms with Crippen LogP contribution >= 0.6 is 0 Å². The predicted molar refractivity (Wildman–Crippen MR) is 39.5 cm³/mol. The highest BCUT2D eigenvalue weighted by atomic mass is 16.3. The average molecular weight is 141 g/mol. The molecule has 2 fully saturated rings. The van der Waals surface area contributed by atoms with E-state index in [4.69, 9.17) is 5.73 Å². The van der Waals surface area contributed by atoms with E-state index in [2.05, 4.69) is 0 Å². The third kappa shape index (κ3) is 0.789. The number of hydrogen-bond acceptors (Lipinski definition) is 2. The van der Waals surface area contributed by atoms with E-state index in [-0.39, 0.29) is 5.60 Å². The summed E-state index contributed by atoms with van der Waals surface area (Å²) in [6.45, 7) is 0.639. The Morgan fingerprint density at radius 1 is 1.60 bits per heavy atom. The minimum absolute atomic E-state index is 0.348. The summed E-state index contributed by atoms with van der Waals surface area (Å²) in [6.07, 6.45) is 4.31. The van der Waals surface area contributed by atoms with Gasteiger partial charge in [-0.25, -0.2) is 0 Å². The van der Waals surface area contributed by atoms with Gasteiger partial charge in [0, 0.05) is 0 Å². The van der Waals surface area contributed by atoms with E-state index in [1.165, 1.54) is 12.8 Å². The molecular weight excluding hydrogens is 126 g/mol. The lowest BCUT2D eigenvalue weighted by Crippen LogP contribution is -2.31. The molecule has 2 aliphatic rings. The smallest absolute Gasteiger partial charge is 0.0690 e. The predicted octanol–water partition coefficient (Wildman–Crippen LogP) is 0.496. The largest absolute Gasteiger partial charge is 0.390 e. The van der Waals surface area contributed by atoms with Crippen molar-refractivity contribution in [3.8, 4) is 0 Å². The molecule has 2 heteroatoms. The standard InChI is InChI=1S/C8H15NO/c9-4-3-8(10)2-1-6-5-7(6)8/h6-7,10H,1-5,9H2. The Balaban J connectivity index is 2.00. The van der Waals surface area contributed by atoms with Crippen molar-refractivity contribution in [2.75, 3.05) is 6.54 Å². The Bertz CT molecular complexity index is 148. The van der Waals surface area contributed by atoms with E-state index >= 15 is 0 Å². The van der Waals surface area contributed by atoms with Crippen molar-refractivity contribution in [3.05, 3.63) is 0 Å². The first-order valence-corrected chi connectivity index (χ1v) is 4.19. The van der Waals surface area contributed by atoms with E-state index in [1.807, 2.05) is 0 Å². The zero-order valence-electron chi connectivity index (χ0n) is 6.21. The first kappa shape index (κ1) is 6.62. The Hall–Kier alpha value is -0.0800. The van der Waals surface area contributed by atoms with Gasteiger partial charge >= 0.3 is 0 Å². The minimum atomic E-state index is -0.348. The van der Waals surface area contributed by atoms with Crippen LogP contribution < -0.4 is 5.73 Å². The molecule has 2 saturated carbocycles. The fourth-order valence-electron chi connectivity index (χ4n) is 2.41. The molecule has 0 radical (unpaired) electrons. The summed E-state index contributed by atoms with van der Waals surface area (Å²) in [5.74, 6) is 1.48. The van der Waals surface area contributed by atoms with Crippen molar-refractivity contribution in [2.45, 2.75) is 31.3 Å². The second-order valence-electron chi connectivity index (χ2n) is 3.78. The third-order valence-electron chi connectivity index (χ3n) is 3.14. The van der Waals surface area contributed by atoms with E-state index in [0.29, 0.717) is 12.5 Å². The van der Waals surface area contributed by atoms with Gasteiger partial charge in [-0.05, 0) is 44.1 Å². The third-order valence-corrected chi connectivity index (χ3v) is 3.14. The summed E-state index contributed by atoms with van der Waals surface area (Å²) in [5.41, 5.74) is 5.07. The monoisotopic (exact) mass is 141 g/mol. The second kappa shape index (κ2) is 1.95. The normalized spacial score (nSPS) is 51.0. The van der Waals surface area contributed by atoms with Gasteiger partial charge in [0.2, 0.25) is 0 Å². The van der Waals surface area contributed by atoms with Crippen LogP contribution in [0, 0.1) is 11.8 Å². The molecule has 0 spiro atoms. The summed E-state index contributed by atoms with van der Waals surface area (Å²) in [6, 6.07) is 0. The molecule has 3 N–H and O–H groups in total. The quantitative estimate of drug-likeness (QED) is 0.588. The molecule has 3 atom stereocenters. The SMILES string of the molecule is NCCC1(O)CCC2CC21. The molecule has 0 amide bonds. The van der Waals surface area contributed by atoms with Gasteiger partial charge in [0.15, 0.2) is 0 Å². The van der Waals surface area contributed by atoms with Crippen molar-refractivity contribution in [3.63, 3.8) is 0 Å². The molecule has 2 rings (SSSR count). The highest BCUT2D eigenvalue weighted by Gasteiger charge is 2.56. The summed E-state index contributed by atoms with van der Waals surface area (Å²) in [4.78, 5) is 0. The van der Waals surface area contributed by atoms with Crippen LogP contribution in [0.15, 0.2) is 0 Å². The molecule has 2 nitrogen and oxygen atoms in total. The molecular formula is C8H15NO. The first-order chi connectivity index (χ1) is 4.76.